The van der Waals surface area contributed by atoms with Crippen LogP contribution in [0.3, 0.4) is 0 Å². The Kier molecular flexibility index (Phi) is 4.37. The van der Waals surface area contributed by atoms with Gasteiger partial charge in [0.1, 0.15) is 5.82 Å². The first-order valence-corrected chi connectivity index (χ1v) is 7.45. The molecule has 23 heavy (non-hydrogen) atoms. The third-order valence-electron chi connectivity index (χ3n) is 3.57. The highest BCUT2D eigenvalue weighted by Crippen LogP contribution is 2.24. The van der Waals surface area contributed by atoms with Crippen molar-refractivity contribution in [1.82, 2.24) is 5.32 Å². The molecule has 0 radical (unpaired) electrons. The van der Waals surface area contributed by atoms with E-state index in [-0.39, 0.29) is 17.5 Å². The van der Waals surface area contributed by atoms with Gasteiger partial charge >= 0.3 is 5.97 Å². The van der Waals surface area contributed by atoms with Crippen LogP contribution < -0.4 is 5.32 Å². The van der Waals surface area contributed by atoms with Crippen molar-refractivity contribution in [1.29, 1.82) is 0 Å². The van der Waals surface area contributed by atoms with Crippen LogP contribution in [0.2, 0.25) is 0 Å². The van der Waals surface area contributed by atoms with E-state index in [2.05, 4.69) is 5.32 Å². The molecule has 0 saturated heterocycles. The van der Waals surface area contributed by atoms with Crippen LogP contribution in [-0.4, -0.2) is 17.9 Å². The van der Waals surface area contributed by atoms with Gasteiger partial charge in [0, 0.05) is 11.6 Å². The molecule has 1 amide bonds. The number of amides is 1. The molecular weight excluding hydrogens is 297 g/mol. The lowest BCUT2D eigenvalue weighted by atomic mass is 10.1. The number of hydrogen-bond acceptors (Lipinski definition) is 3. The van der Waals surface area contributed by atoms with Crippen molar-refractivity contribution in [3.63, 3.8) is 0 Å². The van der Waals surface area contributed by atoms with Gasteiger partial charge in [0.05, 0.1) is 5.56 Å². The Bertz CT molecular complexity index is 696. The third kappa shape index (κ3) is 3.94. The molecule has 2 aromatic carbocycles. The summed E-state index contributed by atoms with van der Waals surface area (Å²) in [6.45, 7) is 0. The molecule has 1 saturated carbocycles. The van der Waals surface area contributed by atoms with E-state index in [0.29, 0.717) is 5.56 Å². The van der Waals surface area contributed by atoms with E-state index in [4.69, 9.17) is 4.74 Å². The van der Waals surface area contributed by atoms with Crippen LogP contribution in [-0.2, 0) is 9.53 Å². The standard InChI is InChI=1S/C18H16FNO3/c19-14-8-6-13(7-9-14)18(22)23-16(12-4-2-1-3-5-12)17(21)20-15-10-11-15/h1-9,15-16H,10-11H2,(H,20,21)/t16-/m0/s1. The van der Waals surface area contributed by atoms with E-state index >= 15 is 0 Å². The Balaban J connectivity index is 1.78. The van der Waals surface area contributed by atoms with Gasteiger partial charge in [-0.3, -0.25) is 4.79 Å². The molecule has 0 aromatic heterocycles. The second kappa shape index (κ2) is 6.60. The largest absolute Gasteiger partial charge is 0.444 e. The molecule has 1 aliphatic rings. The number of ether oxygens (including phenoxy) is 1. The molecule has 1 aliphatic carbocycles. The van der Waals surface area contributed by atoms with Crippen LogP contribution in [0.25, 0.3) is 0 Å². The maximum Gasteiger partial charge on any atom is 0.339 e. The van der Waals surface area contributed by atoms with Crippen LogP contribution in [0.1, 0.15) is 34.9 Å². The molecule has 3 rings (SSSR count). The summed E-state index contributed by atoms with van der Waals surface area (Å²) < 4.78 is 18.3. The summed E-state index contributed by atoms with van der Waals surface area (Å²) in [6, 6.07) is 14.0. The van der Waals surface area contributed by atoms with Crippen LogP contribution in [0.15, 0.2) is 54.6 Å². The summed E-state index contributed by atoms with van der Waals surface area (Å²) in [5, 5.41) is 2.84. The summed E-state index contributed by atoms with van der Waals surface area (Å²) in [5.74, 6) is -1.44. The number of carbonyl (C=O) groups is 2. The van der Waals surface area contributed by atoms with Crippen LogP contribution >= 0.6 is 0 Å². The van der Waals surface area contributed by atoms with Gasteiger partial charge in [-0.25, -0.2) is 9.18 Å². The molecule has 1 atom stereocenters. The smallest absolute Gasteiger partial charge is 0.339 e. The molecule has 0 bridgehead atoms. The fourth-order valence-electron chi connectivity index (χ4n) is 2.17. The van der Waals surface area contributed by atoms with Gasteiger partial charge in [-0.05, 0) is 37.1 Å². The Hall–Kier alpha value is -2.69. The normalized spacial score (nSPS) is 14.8. The van der Waals surface area contributed by atoms with Crippen LogP contribution in [0.4, 0.5) is 4.39 Å². The zero-order valence-corrected chi connectivity index (χ0v) is 12.4. The SMILES string of the molecule is O=C(O[C@H](C(=O)NC1CC1)c1ccccc1)c1ccc(F)cc1. The van der Waals surface area contributed by atoms with Gasteiger partial charge in [0.2, 0.25) is 6.10 Å². The summed E-state index contributed by atoms with van der Waals surface area (Å²) in [6.07, 6.45) is 0.868. The highest BCUT2D eigenvalue weighted by atomic mass is 19.1. The van der Waals surface area contributed by atoms with E-state index in [1.807, 2.05) is 6.07 Å². The molecule has 118 valence electrons. The second-order valence-electron chi connectivity index (χ2n) is 5.49. The third-order valence-corrected chi connectivity index (χ3v) is 3.57. The number of esters is 1. The minimum absolute atomic E-state index is 0.165. The number of nitrogens with one attached hydrogen (secondary N) is 1. The van der Waals surface area contributed by atoms with Gasteiger partial charge in [0.25, 0.3) is 5.91 Å². The maximum absolute atomic E-state index is 12.9. The molecule has 4 nitrogen and oxygen atoms in total. The molecule has 5 heteroatoms. The number of halogens is 1. The highest BCUT2D eigenvalue weighted by Gasteiger charge is 2.31. The molecular formula is C18H16FNO3. The average Bonchev–Trinajstić information content (AvgIpc) is 3.37. The van der Waals surface area contributed by atoms with Crippen molar-refractivity contribution in [2.45, 2.75) is 25.0 Å². The van der Waals surface area contributed by atoms with Crippen molar-refractivity contribution in [2.75, 3.05) is 0 Å². The Morgan fingerprint density at radius 1 is 1.04 bits per heavy atom. The van der Waals surface area contributed by atoms with Gasteiger partial charge in [0.15, 0.2) is 0 Å². The van der Waals surface area contributed by atoms with E-state index in [0.717, 1.165) is 12.8 Å². The molecule has 1 fully saturated rings. The molecule has 0 spiro atoms. The van der Waals surface area contributed by atoms with Gasteiger partial charge < -0.3 is 10.1 Å². The molecule has 0 heterocycles. The first-order valence-electron chi connectivity index (χ1n) is 7.45. The predicted octanol–water partition coefficient (Wildman–Crippen LogP) is 3.00. The monoisotopic (exact) mass is 313 g/mol. The van der Waals surface area contributed by atoms with Crippen molar-refractivity contribution in [3.05, 3.63) is 71.5 Å². The van der Waals surface area contributed by atoms with Crippen LogP contribution in [0.5, 0.6) is 0 Å². The molecule has 2 aromatic rings. The summed E-state index contributed by atoms with van der Waals surface area (Å²) in [4.78, 5) is 24.6. The topological polar surface area (TPSA) is 55.4 Å². The quantitative estimate of drug-likeness (QED) is 0.863. The van der Waals surface area contributed by atoms with Crippen LogP contribution in [0, 0.1) is 5.82 Å². The summed E-state index contributed by atoms with van der Waals surface area (Å²) in [7, 11) is 0. The lowest BCUT2D eigenvalue weighted by molar-refractivity contribution is -0.130. The fraction of sp³-hybridized carbons (Fsp3) is 0.222. The Labute approximate surface area is 133 Å². The minimum atomic E-state index is -1.02. The van der Waals surface area contributed by atoms with Crippen molar-refractivity contribution in [2.24, 2.45) is 0 Å². The first-order chi connectivity index (χ1) is 11.1. The Morgan fingerprint density at radius 3 is 2.30 bits per heavy atom. The van der Waals surface area contributed by atoms with Crippen molar-refractivity contribution < 1.29 is 18.7 Å². The number of benzene rings is 2. The highest BCUT2D eigenvalue weighted by molar-refractivity contribution is 5.92. The zero-order valence-electron chi connectivity index (χ0n) is 12.4. The minimum Gasteiger partial charge on any atom is -0.444 e. The maximum atomic E-state index is 12.9. The average molecular weight is 313 g/mol. The summed E-state index contributed by atoms with van der Waals surface area (Å²) >= 11 is 0. The first kappa shape index (κ1) is 15.2. The number of hydrogen-bond donors (Lipinski definition) is 1. The zero-order chi connectivity index (χ0) is 16.2. The summed E-state index contributed by atoms with van der Waals surface area (Å²) in [5.41, 5.74) is 0.799. The van der Waals surface area contributed by atoms with Crippen molar-refractivity contribution >= 4 is 11.9 Å². The van der Waals surface area contributed by atoms with E-state index in [9.17, 15) is 14.0 Å². The molecule has 1 N–H and O–H groups in total. The number of rotatable bonds is 5. The Morgan fingerprint density at radius 2 is 1.70 bits per heavy atom. The lowest BCUT2D eigenvalue weighted by Crippen LogP contribution is -2.33. The van der Waals surface area contributed by atoms with E-state index in [1.165, 1.54) is 24.3 Å². The molecule has 0 unspecified atom stereocenters. The van der Waals surface area contributed by atoms with Gasteiger partial charge in [-0.15, -0.1) is 0 Å². The fourth-order valence-corrected chi connectivity index (χ4v) is 2.17. The second-order valence-corrected chi connectivity index (χ2v) is 5.49. The van der Waals surface area contributed by atoms with Gasteiger partial charge in [-0.2, -0.15) is 0 Å². The van der Waals surface area contributed by atoms with Gasteiger partial charge in [-0.1, -0.05) is 30.3 Å². The number of carbonyl (C=O) groups excluding carboxylic acids is 2. The van der Waals surface area contributed by atoms with E-state index < -0.39 is 17.9 Å². The predicted molar refractivity (Wildman–Crippen MR) is 82.2 cm³/mol. The lowest BCUT2D eigenvalue weighted by Gasteiger charge is -2.18. The van der Waals surface area contributed by atoms with E-state index in [1.54, 1.807) is 24.3 Å². The van der Waals surface area contributed by atoms with Crippen molar-refractivity contribution in [3.8, 4) is 0 Å². The molecule has 0 aliphatic heterocycles.